The highest BCUT2D eigenvalue weighted by Gasteiger charge is 2.20. The van der Waals surface area contributed by atoms with Crippen molar-refractivity contribution in [1.29, 1.82) is 0 Å². The molecule has 1 fully saturated rings. The van der Waals surface area contributed by atoms with E-state index in [-0.39, 0.29) is 5.75 Å². The third kappa shape index (κ3) is 2.40. The Morgan fingerprint density at radius 2 is 2.21 bits per heavy atom. The summed E-state index contributed by atoms with van der Waals surface area (Å²) in [5.41, 5.74) is 0.873. The van der Waals surface area contributed by atoms with Gasteiger partial charge in [0, 0.05) is 12.1 Å². The highest BCUT2D eigenvalue weighted by atomic mass is 35.5. The standard InChI is InChI=1S/C11H14ClNO/c12-10-3-1-2-9(11(10)14)7-13-6-8-4-5-8/h1-3,8,13-14H,4-7H2. The van der Waals surface area contributed by atoms with Gasteiger partial charge >= 0.3 is 0 Å². The molecule has 1 aromatic carbocycles. The van der Waals surface area contributed by atoms with Crippen LogP contribution in [0, 0.1) is 5.92 Å². The topological polar surface area (TPSA) is 32.3 Å². The highest BCUT2D eigenvalue weighted by Crippen LogP contribution is 2.29. The van der Waals surface area contributed by atoms with Crippen molar-refractivity contribution in [3.05, 3.63) is 28.8 Å². The van der Waals surface area contributed by atoms with Crippen molar-refractivity contribution in [2.45, 2.75) is 19.4 Å². The third-order valence-electron chi connectivity index (χ3n) is 2.52. The van der Waals surface area contributed by atoms with Gasteiger partial charge in [-0.25, -0.2) is 0 Å². The van der Waals surface area contributed by atoms with Crippen LogP contribution in [0.1, 0.15) is 18.4 Å². The van der Waals surface area contributed by atoms with Crippen LogP contribution >= 0.6 is 11.6 Å². The van der Waals surface area contributed by atoms with E-state index in [1.54, 1.807) is 6.07 Å². The van der Waals surface area contributed by atoms with E-state index in [2.05, 4.69) is 5.32 Å². The van der Waals surface area contributed by atoms with Crippen molar-refractivity contribution in [3.63, 3.8) is 0 Å². The van der Waals surface area contributed by atoms with E-state index >= 15 is 0 Å². The Hall–Kier alpha value is -0.730. The maximum Gasteiger partial charge on any atom is 0.138 e. The number of phenols is 1. The number of rotatable bonds is 4. The number of nitrogens with one attached hydrogen (secondary N) is 1. The molecule has 3 heteroatoms. The Labute approximate surface area is 88.9 Å². The fraction of sp³-hybridized carbons (Fsp3) is 0.455. The minimum absolute atomic E-state index is 0.206. The minimum atomic E-state index is 0.206. The van der Waals surface area contributed by atoms with E-state index in [0.29, 0.717) is 11.6 Å². The van der Waals surface area contributed by atoms with Crippen LogP contribution in [-0.2, 0) is 6.54 Å². The monoisotopic (exact) mass is 211 g/mol. The van der Waals surface area contributed by atoms with Gasteiger partial charge in [-0.15, -0.1) is 0 Å². The van der Waals surface area contributed by atoms with Crippen LogP contribution in [0.4, 0.5) is 0 Å². The summed E-state index contributed by atoms with van der Waals surface area (Å²) in [6, 6.07) is 5.44. The molecule has 0 spiro atoms. The van der Waals surface area contributed by atoms with Crippen molar-refractivity contribution in [2.24, 2.45) is 5.92 Å². The van der Waals surface area contributed by atoms with E-state index in [4.69, 9.17) is 11.6 Å². The molecule has 2 rings (SSSR count). The first kappa shape index (κ1) is 9.81. The first-order valence-corrected chi connectivity index (χ1v) is 5.32. The molecule has 0 heterocycles. The number of halogens is 1. The van der Waals surface area contributed by atoms with Gasteiger partial charge in [-0.3, -0.25) is 0 Å². The molecule has 76 valence electrons. The van der Waals surface area contributed by atoms with Crippen molar-refractivity contribution < 1.29 is 5.11 Å². The lowest BCUT2D eigenvalue weighted by atomic mass is 10.2. The number of hydrogen-bond donors (Lipinski definition) is 2. The van der Waals surface area contributed by atoms with Crippen molar-refractivity contribution in [3.8, 4) is 5.75 Å². The molecule has 14 heavy (non-hydrogen) atoms. The Kier molecular flexibility index (Phi) is 2.94. The first-order valence-electron chi connectivity index (χ1n) is 4.94. The van der Waals surface area contributed by atoms with Gasteiger partial charge in [0.25, 0.3) is 0 Å². The lowest BCUT2D eigenvalue weighted by Crippen LogP contribution is -2.16. The molecule has 0 unspecified atom stereocenters. The van der Waals surface area contributed by atoms with E-state index in [1.165, 1.54) is 12.8 Å². The second kappa shape index (κ2) is 4.20. The Balaban J connectivity index is 1.90. The molecule has 0 saturated heterocycles. The second-order valence-corrected chi connectivity index (χ2v) is 4.23. The van der Waals surface area contributed by atoms with Gasteiger partial charge in [-0.1, -0.05) is 23.7 Å². The predicted octanol–water partition coefficient (Wildman–Crippen LogP) is 2.55. The second-order valence-electron chi connectivity index (χ2n) is 3.82. The Morgan fingerprint density at radius 3 is 2.93 bits per heavy atom. The SMILES string of the molecule is Oc1c(Cl)cccc1CNCC1CC1. The zero-order valence-electron chi connectivity index (χ0n) is 7.96. The van der Waals surface area contributed by atoms with Crippen LogP contribution in [0.5, 0.6) is 5.75 Å². The maximum absolute atomic E-state index is 9.61. The molecule has 1 aliphatic rings. The molecule has 1 saturated carbocycles. The quantitative estimate of drug-likeness (QED) is 0.803. The number of benzene rings is 1. The van der Waals surface area contributed by atoms with Crippen molar-refractivity contribution in [1.82, 2.24) is 5.32 Å². The van der Waals surface area contributed by atoms with E-state index in [9.17, 15) is 5.11 Å². The highest BCUT2D eigenvalue weighted by molar-refractivity contribution is 6.32. The van der Waals surface area contributed by atoms with E-state index in [0.717, 1.165) is 18.0 Å². The Morgan fingerprint density at radius 1 is 1.43 bits per heavy atom. The van der Waals surface area contributed by atoms with Gasteiger partial charge in [-0.05, 0) is 31.4 Å². The zero-order chi connectivity index (χ0) is 9.97. The van der Waals surface area contributed by atoms with E-state index < -0.39 is 0 Å². The smallest absolute Gasteiger partial charge is 0.138 e. The first-order chi connectivity index (χ1) is 6.77. The van der Waals surface area contributed by atoms with Crippen LogP contribution in [0.15, 0.2) is 18.2 Å². The fourth-order valence-electron chi connectivity index (χ4n) is 1.44. The van der Waals surface area contributed by atoms with Gasteiger partial charge in [0.1, 0.15) is 5.75 Å². The van der Waals surface area contributed by atoms with Crippen molar-refractivity contribution in [2.75, 3.05) is 6.54 Å². The van der Waals surface area contributed by atoms with Gasteiger partial charge in [0.15, 0.2) is 0 Å². The normalized spacial score (nSPS) is 15.8. The predicted molar refractivity (Wildman–Crippen MR) is 57.5 cm³/mol. The molecule has 0 aliphatic heterocycles. The molecule has 1 aliphatic carbocycles. The summed E-state index contributed by atoms with van der Waals surface area (Å²) in [6.45, 7) is 1.74. The lowest BCUT2D eigenvalue weighted by Gasteiger charge is -2.06. The molecule has 2 N–H and O–H groups in total. The number of hydrogen-bond acceptors (Lipinski definition) is 2. The molecule has 2 nitrogen and oxygen atoms in total. The lowest BCUT2D eigenvalue weighted by molar-refractivity contribution is 0.464. The summed E-state index contributed by atoms with van der Waals surface area (Å²) in [5.74, 6) is 1.06. The molecule has 1 aromatic rings. The van der Waals surface area contributed by atoms with Gasteiger partial charge in [0.2, 0.25) is 0 Å². The summed E-state index contributed by atoms with van der Waals surface area (Å²) in [6.07, 6.45) is 2.68. The maximum atomic E-state index is 9.61. The average molecular weight is 212 g/mol. The molecule has 0 bridgehead atoms. The average Bonchev–Trinajstić information content (AvgIpc) is 2.96. The molecular weight excluding hydrogens is 198 g/mol. The summed E-state index contributed by atoms with van der Waals surface area (Å²) in [7, 11) is 0. The van der Waals surface area contributed by atoms with Gasteiger partial charge < -0.3 is 10.4 Å². The van der Waals surface area contributed by atoms with Crippen LogP contribution < -0.4 is 5.32 Å². The van der Waals surface area contributed by atoms with Crippen LogP contribution in [0.2, 0.25) is 5.02 Å². The van der Waals surface area contributed by atoms with Crippen LogP contribution in [-0.4, -0.2) is 11.7 Å². The molecule has 0 amide bonds. The molecule has 0 radical (unpaired) electrons. The summed E-state index contributed by atoms with van der Waals surface area (Å²) >= 11 is 5.79. The number of phenolic OH excluding ortho intramolecular Hbond substituents is 1. The van der Waals surface area contributed by atoms with Crippen molar-refractivity contribution >= 4 is 11.6 Å². The summed E-state index contributed by atoms with van der Waals surface area (Å²) in [4.78, 5) is 0. The fourth-order valence-corrected chi connectivity index (χ4v) is 1.63. The van der Waals surface area contributed by atoms with Gasteiger partial charge in [0.05, 0.1) is 5.02 Å². The number of aromatic hydroxyl groups is 1. The number of para-hydroxylation sites is 1. The zero-order valence-corrected chi connectivity index (χ0v) is 8.72. The van der Waals surface area contributed by atoms with E-state index in [1.807, 2.05) is 12.1 Å². The van der Waals surface area contributed by atoms with Crippen LogP contribution in [0.25, 0.3) is 0 Å². The van der Waals surface area contributed by atoms with Crippen LogP contribution in [0.3, 0.4) is 0 Å². The molecular formula is C11H14ClNO. The third-order valence-corrected chi connectivity index (χ3v) is 2.82. The summed E-state index contributed by atoms with van der Waals surface area (Å²) in [5, 5.41) is 13.3. The largest absolute Gasteiger partial charge is 0.506 e. The minimum Gasteiger partial charge on any atom is -0.506 e. The molecule has 0 aromatic heterocycles. The molecule has 0 atom stereocenters. The van der Waals surface area contributed by atoms with Gasteiger partial charge in [-0.2, -0.15) is 0 Å². The Bertz CT molecular complexity index is 323. The summed E-state index contributed by atoms with van der Waals surface area (Å²) < 4.78 is 0.